The first-order valence-electron chi connectivity index (χ1n) is 13.2. The summed E-state index contributed by atoms with van der Waals surface area (Å²) in [5.41, 5.74) is -0.826. The van der Waals surface area contributed by atoms with E-state index in [1.165, 1.54) is 28.8 Å². The Bertz CT molecular complexity index is 1610. The van der Waals surface area contributed by atoms with Gasteiger partial charge in [0.05, 0.1) is 34.0 Å². The second-order valence-corrected chi connectivity index (χ2v) is 11.1. The van der Waals surface area contributed by atoms with E-state index in [1.807, 2.05) is 23.8 Å². The van der Waals surface area contributed by atoms with Crippen LogP contribution in [0.3, 0.4) is 0 Å². The van der Waals surface area contributed by atoms with E-state index in [9.17, 15) is 19.1 Å². The van der Waals surface area contributed by atoms with Gasteiger partial charge >= 0.3 is 0 Å². The van der Waals surface area contributed by atoms with Gasteiger partial charge in [-0.05, 0) is 57.6 Å². The predicted molar refractivity (Wildman–Crippen MR) is 149 cm³/mol. The molecule has 1 amide bonds. The Morgan fingerprint density at radius 1 is 1.25 bits per heavy atom. The Morgan fingerprint density at radius 2 is 2.02 bits per heavy atom. The zero-order valence-corrected chi connectivity index (χ0v) is 22.9. The molecule has 6 rings (SSSR count). The number of carbonyl (C=O) groups is 1. The number of halogens is 3. The average Bonchev–Trinajstić information content (AvgIpc) is 3.35. The summed E-state index contributed by atoms with van der Waals surface area (Å²) in [7, 11) is 1.86. The van der Waals surface area contributed by atoms with E-state index in [2.05, 4.69) is 6.58 Å². The molecule has 11 heteroatoms. The number of amides is 1. The monoisotopic (exact) mass is 570 g/mol. The largest absolute Gasteiger partial charge is 0.507 e. The highest BCUT2D eigenvalue weighted by atomic mass is 35.5. The summed E-state index contributed by atoms with van der Waals surface area (Å²) in [5.74, 6) is -2.32. The van der Waals surface area contributed by atoms with Crippen molar-refractivity contribution in [1.29, 1.82) is 0 Å². The third kappa shape index (κ3) is 3.88. The minimum absolute atomic E-state index is 0.0361. The molecule has 2 fully saturated rings. The molecule has 3 atom stereocenters. The van der Waals surface area contributed by atoms with Crippen LogP contribution in [0.5, 0.6) is 11.5 Å². The molecule has 2 saturated heterocycles. The molecule has 0 bridgehead atoms. The SMILES string of the molecule is C=CC(=O)N1C[C@@H]2COc3c(c4cc(Cl)c(-c5c(O)cccc5F)c(F)c4n([C@@H]4CCCN4C)c3=O)N2C[C@H]1C. The zero-order valence-electron chi connectivity index (χ0n) is 22.2. The molecule has 40 heavy (non-hydrogen) atoms. The van der Waals surface area contributed by atoms with Crippen molar-refractivity contribution in [3.63, 3.8) is 0 Å². The van der Waals surface area contributed by atoms with Crippen molar-refractivity contribution >= 4 is 34.1 Å². The summed E-state index contributed by atoms with van der Waals surface area (Å²) < 4.78 is 39.3. The van der Waals surface area contributed by atoms with Crippen molar-refractivity contribution in [2.24, 2.45) is 0 Å². The van der Waals surface area contributed by atoms with Crippen molar-refractivity contribution in [2.45, 2.75) is 38.0 Å². The topological polar surface area (TPSA) is 78.2 Å². The number of anilines is 1. The molecule has 3 aliphatic heterocycles. The van der Waals surface area contributed by atoms with Crippen molar-refractivity contribution in [2.75, 3.05) is 38.2 Å². The molecule has 0 unspecified atom stereocenters. The molecule has 2 aromatic carbocycles. The number of fused-ring (bicyclic) bond motifs is 5. The average molecular weight is 571 g/mol. The fraction of sp³-hybridized carbons (Fsp3) is 0.379. The molecule has 8 nitrogen and oxygen atoms in total. The number of carbonyl (C=O) groups excluding carboxylic acids is 1. The first-order valence-corrected chi connectivity index (χ1v) is 13.6. The number of pyridine rings is 1. The first kappa shape index (κ1) is 26.6. The summed E-state index contributed by atoms with van der Waals surface area (Å²) in [4.78, 5) is 32.3. The maximum Gasteiger partial charge on any atom is 0.297 e. The van der Waals surface area contributed by atoms with Crippen LogP contribution < -0.4 is 15.2 Å². The van der Waals surface area contributed by atoms with Crippen LogP contribution in [-0.2, 0) is 4.79 Å². The summed E-state index contributed by atoms with van der Waals surface area (Å²) in [5, 5.41) is 10.7. The third-order valence-corrected chi connectivity index (χ3v) is 8.64. The van der Waals surface area contributed by atoms with Gasteiger partial charge in [0.25, 0.3) is 5.56 Å². The van der Waals surface area contributed by atoms with Crippen LogP contribution in [0.15, 0.2) is 41.7 Å². The first-order chi connectivity index (χ1) is 19.1. The summed E-state index contributed by atoms with van der Waals surface area (Å²) in [6.45, 7) is 7.08. The highest BCUT2D eigenvalue weighted by Crippen LogP contribution is 2.47. The number of phenols is 1. The smallest absolute Gasteiger partial charge is 0.297 e. The van der Waals surface area contributed by atoms with Crippen LogP contribution in [0, 0.1) is 11.6 Å². The van der Waals surface area contributed by atoms with Crippen molar-refractivity contribution in [3.8, 4) is 22.6 Å². The minimum atomic E-state index is -0.904. The number of hydrogen-bond donors (Lipinski definition) is 1. The number of benzene rings is 2. The number of hydrogen-bond acceptors (Lipinski definition) is 6. The van der Waals surface area contributed by atoms with E-state index in [0.29, 0.717) is 37.1 Å². The van der Waals surface area contributed by atoms with Gasteiger partial charge in [0.1, 0.15) is 18.2 Å². The van der Waals surface area contributed by atoms with Gasteiger partial charge in [-0.1, -0.05) is 24.2 Å². The molecule has 0 aliphatic carbocycles. The molecular formula is C29H29ClF2N4O4. The lowest BCUT2D eigenvalue weighted by Gasteiger charge is -2.48. The number of aromatic hydroxyl groups is 1. The zero-order chi connectivity index (χ0) is 28.5. The fourth-order valence-corrected chi connectivity index (χ4v) is 6.71. The standard InChI is InChI=1S/C29H29ClF2N4O4/c1-4-22(38)34-13-16-14-40-28-27(35(16)12-15(34)2)17-11-18(30)23(24-19(31)7-5-8-20(24)37)25(32)26(17)36(29(28)39)21-9-6-10-33(21)3/h4-5,7-8,11,15-16,21,37H,1,6,9-10,12-14H2,2-3H3/t15-,16-,21-/m1/s1. The van der Waals surface area contributed by atoms with Crippen LogP contribution in [0.1, 0.15) is 25.9 Å². The second kappa shape index (κ2) is 9.78. The number of ether oxygens (including phenoxy) is 1. The number of phenolic OH excluding ortho intramolecular Hbond substituents is 1. The van der Waals surface area contributed by atoms with E-state index in [4.69, 9.17) is 16.3 Å². The number of likely N-dealkylation sites (tertiary alicyclic amines) is 1. The quantitative estimate of drug-likeness (QED) is 0.467. The minimum Gasteiger partial charge on any atom is -0.507 e. The lowest BCUT2D eigenvalue weighted by atomic mass is 9.97. The number of nitrogens with zero attached hydrogens (tertiary/aromatic N) is 4. The van der Waals surface area contributed by atoms with Gasteiger partial charge in [0.15, 0.2) is 5.82 Å². The summed E-state index contributed by atoms with van der Waals surface area (Å²) >= 11 is 6.66. The van der Waals surface area contributed by atoms with Crippen molar-refractivity contribution in [3.05, 3.63) is 63.9 Å². The highest BCUT2D eigenvalue weighted by Gasteiger charge is 2.42. The van der Waals surface area contributed by atoms with Gasteiger partial charge in [-0.25, -0.2) is 8.78 Å². The van der Waals surface area contributed by atoms with Crippen LogP contribution in [0.2, 0.25) is 5.02 Å². The maximum absolute atomic E-state index is 16.8. The molecule has 0 spiro atoms. The number of aromatic nitrogens is 1. The van der Waals surface area contributed by atoms with Gasteiger partial charge in [0, 0.05) is 30.1 Å². The Hall–Kier alpha value is -3.63. The van der Waals surface area contributed by atoms with E-state index in [1.54, 1.807) is 4.90 Å². The lowest BCUT2D eigenvalue weighted by molar-refractivity contribution is -0.129. The van der Waals surface area contributed by atoms with Crippen LogP contribution in [0.4, 0.5) is 14.5 Å². The van der Waals surface area contributed by atoms with Crippen LogP contribution in [0.25, 0.3) is 22.0 Å². The van der Waals surface area contributed by atoms with Crippen LogP contribution in [-0.4, -0.2) is 70.8 Å². The fourth-order valence-electron chi connectivity index (χ4n) is 6.43. The molecular weight excluding hydrogens is 542 g/mol. The van der Waals surface area contributed by atoms with Crippen molar-refractivity contribution < 1.29 is 23.4 Å². The van der Waals surface area contributed by atoms with Gasteiger partial charge in [0.2, 0.25) is 11.7 Å². The van der Waals surface area contributed by atoms with Gasteiger partial charge < -0.3 is 19.6 Å². The molecule has 4 heterocycles. The summed E-state index contributed by atoms with van der Waals surface area (Å²) in [6, 6.07) is 4.69. The van der Waals surface area contributed by atoms with Gasteiger partial charge in [-0.2, -0.15) is 0 Å². The third-order valence-electron chi connectivity index (χ3n) is 8.34. The second-order valence-electron chi connectivity index (χ2n) is 10.7. The van der Waals surface area contributed by atoms with Crippen molar-refractivity contribution in [1.82, 2.24) is 14.4 Å². The Morgan fingerprint density at radius 3 is 2.70 bits per heavy atom. The molecule has 1 N–H and O–H groups in total. The molecule has 3 aromatic rings. The number of piperazine rings is 1. The molecule has 0 radical (unpaired) electrons. The van der Waals surface area contributed by atoms with E-state index >= 15 is 4.39 Å². The Kier molecular flexibility index (Phi) is 6.50. The Balaban J connectivity index is 1.66. The van der Waals surface area contributed by atoms with E-state index < -0.39 is 29.1 Å². The maximum atomic E-state index is 16.8. The summed E-state index contributed by atoms with van der Waals surface area (Å²) in [6.07, 6.45) is 2.22. The lowest BCUT2D eigenvalue weighted by Crippen LogP contribution is -2.62. The molecule has 3 aliphatic rings. The molecule has 1 aromatic heterocycles. The predicted octanol–water partition coefficient (Wildman–Crippen LogP) is 4.51. The van der Waals surface area contributed by atoms with Crippen LogP contribution >= 0.6 is 11.6 Å². The molecule has 0 saturated carbocycles. The normalized spacial score (nSPS) is 22.7. The van der Waals surface area contributed by atoms with Gasteiger partial charge in [-0.15, -0.1) is 0 Å². The highest BCUT2D eigenvalue weighted by molar-refractivity contribution is 6.34. The Labute approximate surface area is 234 Å². The van der Waals surface area contributed by atoms with E-state index in [-0.39, 0.29) is 52.0 Å². The van der Waals surface area contributed by atoms with E-state index in [0.717, 1.165) is 12.5 Å². The number of rotatable bonds is 3. The van der Waals surface area contributed by atoms with Gasteiger partial charge in [-0.3, -0.25) is 19.1 Å². The molecule has 210 valence electrons.